The topological polar surface area (TPSA) is 45.7 Å². The molecule has 1 amide bonds. The second kappa shape index (κ2) is 8.45. The van der Waals surface area contributed by atoms with Gasteiger partial charge in [0.25, 0.3) is 5.91 Å². The summed E-state index contributed by atoms with van der Waals surface area (Å²) in [4.78, 5) is 13.8. The molecule has 3 rings (SSSR count). The Morgan fingerprint density at radius 3 is 2.58 bits per heavy atom. The van der Waals surface area contributed by atoms with E-state index in [1.165, 1.54) is 23.1 Å². The van der Waals surface area contributed by atoms with Crippen LogP contribution in [0.4, 0.5) is 10.1 Å². The van der Waals surface area contributed by atoms with Crippen molar-refractivity contribution in [3.05, 3.63) is 87.3 Å². The summed E-state index contributed by atoms with van der Waals surface area (Å²) in [5.74, 6) is -0.620. The number of amides is 1. The number of nitrogens with one attached hydrogen (secondary N) is 1. The van der Waals surface area contributed by atoms with Crippen molar-refractivity contribution in [3.8, 4) is 0 Å². The van der Waals surface area contributed by atoms with E-state index in [0.717, 1.165) is 5.56 Å². The summed E-state index contributed by atoms with van der Waals surface area (Å²) in [5.41, 5.74) is 1.54. The monoisotopic (exact) mass is 389 g/mol. The fourth-order valence-electron chi connectivity index (χ4n) is 2.71. The smallest absolute Gasteiger partial charge is 0.282 e. The van der Waals surface area contributed by atoms with E-state index in [2.05, 4.69) is 23.5 Å². The number of hydrogen-bond donors (Lipinski definition) is 2. The number of anilines is 1. The minimum atomic E-state index is -0.436. The Labute approximate surface area is 160 Å². The molecule has 0 fully saturated rings. The maximum atomic E-state index is 13.2. The van der Waals surface area contributed by atoms with Gasteiger partial charge in [0.1, 0.15) is 11.9 Å². The molecule has 134 valence electrons. The van der Waals surface area contributed by atoms with Crippen molar-refractivity contribution in [1.29, 1.82) is 0 Å². The number of carbonyl (C=O) groups excluding carboxylic acids is 1. The van der Waals surface area contributed by atoms with Gasteiger partial charge >= 0.3 is 0 Å². The molecule has 0 saturated heterocycles. The van der Waals surface area contributed by atoms with Crippen LogP contribution in [0.3, 0.4) is 0 Å². The lowest BCUT2D eigenvalue weighted by Crippen LogP contribution is -2.92. The maximum Gasteiger partial charge on any atom is 0.282 e. The number of halogens is 2. The molecule has 0 aliphatic carbocycles. The molecule has 6 heteroatoms. The van der Waals surface area contributed by atoms with Crippen LogP contribution in [0, 0.1) is 5.82 Å². The third kappa shape index (κ3) is 4.49. The van der Waals surface area contributed by atoms with E-state index in [-0.39, 0.29) is 23.0 Å². The highest BCUT2D eigenvalue weighted by molar-refractivity contribution is 7.10. The maximum absolute atomic E-state index is 13.2. The number of rotatable bonds is 6. The first kappa shape index (κ1) is 18.6. The van der Waals surface area contributed by atoms with Crippen molar-refractivity contribution in [2.75, 3.05) is 5.32 Å². The molecular formula is C20H19ClFN2OS+. The Bertz CT molecular complexity index is 871. The average molecular weight is 390 g/mol. The van der Waals surface area contributed by atoms with Crippen molar-refractivity contribution in [3.63, 3.8) is 0 Å². The molecule has 0 saturated carbocycles. The first-order valence-electron chi connectivity index (χ1n) is 8.24. The largest absolute Gasteiger partial charge is 0.326 e. The number of carbonyl (C=O) groups is 1. The summed E-state index contributed by atoms with van der Waals surface area (Å²) >= 11 is 7.66. The van der Waals surface area contributed by atoms with Gasteiger partial charge in [-0.2, -0.15) is 0 Å². The number of thiophene rings is 1. The molecule has 1 heterocycles. The molecule has 1 aromatic heterocycles. The molecule has 0 radical (unpaired) electrons. The van der Waals surface area contributed by atoms with Gasteiger partial charge in [0.05, 0.1) is 15.6 Å². The van der Waals surface area contributed by atoms with E-state index in [0.29, 0.717) is 5.69 Å². The number of benzene rings is 2. The Kier molecular flexibility index (Phi) is 6.04. The van der Waals surface area contributed by atoms with Crippen LogP contribution in [0.2, 0.25) is 5.02 Å². The predicted octanol–water partition coefficient (Wildman–Crippen LogP) is 4.22. The van der Waals surface area contributed by atoms with Gasteiger partial charge < -0.3 is 10.6 Å². The zero-order chi connectivity index (χ0) is 18.5. The fourth-order valence-corrected chi connectivity index (χ4v) is 3.76. The first-order chi connectivity index (χ1) is 12.5. The summed E-state index contributed by atoms with van der Waals surface area (Å²) in [6, 6.07) is 17.7. The lowest BCUT2D eigenvalue weighted by Gasteiger charge is -2.19. The van der Waals surface area contributed by atoms with Crippen LogP contribution in [0.25, 0.3) is 0 Å². The molecule has 3 aromatic rings. The number of nitrogens with two attached hydrogens (primary N) is 1. The van der Waals surface area contributed by atoms with Crippen molar-refractivity contribution in [2.45, 2.75) is 19.0 Å². The summed E-state index contributed by atoms with van der Waals surface area (Å²) < 4.78 is 13.2. The molecule has 26 heavy (non-hydrogen) atoms. The van der Waals surface area contributed by atoms with Crippen LogP contribution in [-0.2, 0) is 4.79 Å². The minimum absolute atomic E-state index is 0.0284. The highest BCUT2D eigenvalue weighted by Gasteiger charge is 2.25. The number of quaternary nitrogens is 1. The highest BCUT2D eigenvalue weighted by atomic mass is 35.5. The van der Waals surface area contributed by atoms with Gasteiger partial charge in [0.2, 0.25) is 0 Å². The van der Waals surface area contributed by atoms with Crippen LogP contribution in [0.5, 0.6) is 0 Å². The summed E-state index contributed by atoms with van der Waals surface area (Å²) in [6.07, 6.45) is 0. The van der Waals surface area contributed by atoms with E-state index in [1.807, 2.05) is 41.9 Å². The second-order valence-electron chi connectivity index (χ2n) is 6.00. The Balaban J connectivity index is 1.75. The number of hydrogen-bond acceptors (Lipinski definition) is 2. The van der Waals surface area contributed by atoms with Crippen LogP contribution in [0.1, 0.15) is 23.4 Å². The average Bonchev–Trinajstić information content (AvgIpc) is 3.17. The van der Waals surface area contributed by atoms with Crippen LogP contribution in [-0.4, -0.2) is 11.9 Å². The third-order valence-corrected chi connectivity index (χ3v) is 5.36. The standard InChI is InChI=1S/C20H18ClFN2OS/c1-13(20(25)24-17-10-9-15(22)12-16(17)21)23-19(18-8-5-11-26-18)14-6-3-2-4-7-14/h2-13,19,23H,1H3,(H,24,25)/p+1/t13-,19+/m1/s1. The van der Waals surface area contributed by atoms with Gasteiger partial charge in [-0.05, 0) is 36.6 Å². The molecule has 0 spiro atoms. The summed E-state index contributed by atoms with van der Waals surface area (Å²) in [7, 11) is 0. The van der Waals surface area contributed by atoms with Gasteiger partial charge in [-0.15, -0.1) is 11.3 Å². The van der Waals surface area contributed by atoms with Crippen molar-refractivity contribution >= 4 is 34.5 Å². The molecule has 0 aliphatic heterocycles. The second-order valence-corrected chi connectivity index (χ2v) is 7.38. The normalized spacial score (nSPS) is 13.2. The van der Waals surface area contributed by atoms with Crippen LogP contribution in [0.15, 0.2) is 66.0 Å². The van der Waals surface area contributed by atoms with Gasteiger partial charge in [-0.1, -0.05) is 48.0 Å². The van der Waals surface area contributed by atoms with Gasteiger partial charge in [-0.3, -0.25) is 4.79 Å². The highest BCUT2D eigenvalue weighted by Crippen LogP contribution is 2.24. The van der Waals surface area contributed by atoms with E-state index >= 15 is 0 Å². The zero-order valence-corrected chi connectivity index (χ0v) is 15.7. The Hall–Kier alpha value is -2.21. The van der Waals surface area contributed by atoms with Gasteiger partial charge in [0, 0.05) is 5.56 Å². The summed E-state index contributed by atoms with van der Waals surface area (Å²) in [6.45, 7) is 1.84. The predicted molar refractivity (Wildman–Crippen MR) is 104 cm³/mol. The molecule has 2 aromatic carbocycles. The Morgan fingerprint density at radius 1 is 1.15 bits per heavy atom. The molecular weight excluding hydrogens is 371 g/mol. The fraction of sp³-hybridized carbons (Fsp3) is 0.150. The molecule has 3 N–H and O–H groups in total. The lowest BCUT2D eigenvalue weighted by molar-refractivity contribution is -0.703. The lowest BCUT2D eigenvalue weighted by atomic mass is 10.0. The van der Waals surface area contributed by atoms with E-state index in [4.69, 9.17) is 11.6 Å². The van der Waals surface area contributed by atoms with E-state index in [1.54, 1.807) is 11.3 Å². The zero-order valence-electron chi connectivity index (χ0n) is 14.2. The van der Waals surface area contributed by atoms with E-state index in [9.17, 15) is 9.18 Å². The minimum Gasteiger partial charge on any atom is -0.326 e. The van der Waals surface area contributed by atoms with Crippen LogP contribution < -0.4 is 10.6 Å². The molecule has 0 unspecified atom stereocenters. The van der Waals surface area contributed by atoms with Crippen molar-refractivity contribution in [1.82, 2.24) is 0 Å². The quantitative estimate of drug-likeness (QED) is 0.651. The van der Waals surface area contributed by atoms with Crippen LogP contribution >= 0.6 is 22.9 Å². The van der Waals surface area contributed by atoms with Gasteiger partial charge in [-0.25, -0.2) is 4.39 Å². The van der Waals surface area contributed by atoms with Gasteiger partial charge in [0.15, 0.2) is 6.04 Å². The summed E-state index contributed by atoms with van der Waals surface area (Å²) in [5, 5.41) is 7.01. The molecule has 2 atom stereocenters. The Morgan fingerprint density at radius 2 is 1.92 bits per heavy atom. The SMILES string of the molecule is C[C@@H]([NH2+][C@@H](c1ccccc1)c1cccs1)C(=O)Nc1ccc(F)cc1Cl. The van der Waals surface area contributed by atoms with Crippen molar-refractivity contribution < 1.29 is 14.5 Å². The molecule has 0 aliphatic rings. The third-order valence-electron chi connectivity index (χ3n) is 4.09. The van der Waals surface area contributed by atoms with E-state index < -0.39 is 5.82 Å². The first-order valence-corrected chi connectivity index (χ1v) is 9.49. The molecule has 0 bridgehead atoms. The van der Waals surface area contributed by atoms with Crippen molar-refractivity contribution in [2.24, 2.45) is 0 Å². The molecule has 3 nitrogen and oxygen atoms in total.